The minimum absolute atomic E-state index is 0.0733. The Morgan fingerprint density at radius 2 is 1.67 bits per heavy atom. The first-order valence-electron chi connectivity index (χ1n) is 9.69. The van der Waals surface area contributed by atoms with E-state index in [0.717, 1.165) is 5.56 Å². The van der Waals surface area contributed by atoms with Gasteiger partial charge in [-0.25, -0.2) is 4.79 Å². The molecule has 2 aromatic carbocycles. The number of ether oxygens (including phenoxy) is 1. The fourth-order valence-corrected chi connectivity index (χ4v) is 2.96. The van der Waals surface area contributed by atoms with Gasteiger partial charge in [-0.05, 0) is 30.3 Å². The molecule has 0 fully saturated rings. The van der Waals surface area contributed by atoms with Gasteiger partial charge in [0.2, 0.25) is 0 Å². The van der Waals surface area contributed by atoms with E-state index in [4.69, 9.17) is 16.3 Å². The van der Waals surface area contributed by atoms with Crippen LogP contribution in [0.2, 0.25) is 0 Å². The summed E-state index contributed by atoms with van der Waals surface area (Å²) in [5.74, 6) is -0.895. The van der Waals surface area contributed by atoms with E-state index in [2.05, 4.69) is 28.9 Å². The second-order valence-electron chi connectivity index (χ2n) is 6.98. The molecule has 2 amide bonds. The summed E-state index contributed by atoms with van der Waals surface area (Å²) in [6, 6.07) is 14.9. The molecule has 0 atom stereocenters. The zero-order valence-corrected chi connectivity index (χ0v) is 18.8. The zero-order valence-electron chi connectivity index (χ0n) is 18.0. The molecule has 3 rings (SSSR count). The second kappa shape index (κ2) is 9.97. The maximum atomic E-state index is 12.7. The molecule has 0 radical (unpaired) electrons. The SMILES string of the molecule is C=C(Cl)C(=C)C(=O)Nc1ccc(-c2cc(NC(=O)c3cccc(C(=O)OC)c3)n(C)n2)cc1. The predicted molar refractivity (Wildman–Crippen MR) is 127 cm³/mol. The maximum absolute atomic E-state index is 12.7. The number of anilines is 2. The number of aromatic nitrogens is 2. The van der Waals surface area contributed by atoms with Crippen molar-refractivity contribution in [1.29, 1.82) is 0 Å². The lowest BCUT2D eigenvalue weighted by atomic mass is 10.1. The van der Waals surface area contributed by atoms with E-state index < -0.39 is 17.8 Å². The van der Waals surface area contributed by atoms with E-state index in [0.29, 0.717) is 22.8 Å². The van der Waals surface area contributed by atoms with Crippen molar-refractivity contribution in [2.45, 2.75) is 0 Å². The van der Waals surface area contributed by atoms with Crippen LogP contribution in [0, 0.1) is 0 Å². The van der Waals surface area contributed by atoms with Gasteiger partial charge >= 0.3 is 5.97 Å². The minimum atomic E-state index is -0.524. The first-order valence-corrected chi connectivity index (χ1v) is 10.1. The van der Waals surface area contributed by atoms with E-state index in [1.54, 1.807) is 55.6 Å². The van der Waals surface area contributed by atoms with E-state index in [9.17, 15) is 14.4 Å². The molecular weight excluding hydrogens is 444 g/mol. The van der Waals surface area contributed by atoms with Crippen LogP contribution in [0.1, 0.15) is 20.7 Å². The molecule has 9 heteroatoms. The van der Waals surface area contributed by atoms with Crippen molar-refractivity contribution in [1.82, 2.24) is 9.78 Å². The van der Waals surface area contributed by atoms with Crippen LogP contribution in [0.5, 0.6) is 0 Å². The van der Waals surface area contributed by atoms with Crippen molar-refractivity contribution in [2.24, 2.45) is 7.05 Å². The highest BCUT2D eigenvalue weighted by Crippen LogP contribution is 2.24. The molecule has 8 nitrogen and oxygen atoms in total. The smallest absolute Gasteiger partial charge is 0.337 e. The molecule has 0 saturated carbocycles. The van der Waals surface area contributed by atoms with E-state index in [1.165, 1.54) is 17.9 Å². The second-order valence-corrected chi connectivity index (χ2v) is 7.44. The van der Waals surface area contributed by atoms with Gasteiger partial charge in [-0.1, -0.05) is 43.0 Å². The van der Waals surface area contributed by atoms with Crippen LogP contribution in [0.15, 0.2) is 78.4 Å². The summed E-state index contributed by atoms with van der Waals surface area (Å²) in [5, 5.41) is 9.96. The summed E-state index contributed by atoms with van der Waals surface area (Å²) in [5.41, 5.74) is 2.62. The molecule has 1 aromatic heterocycles. The summed E-state index contributed by atoms with van der Waals surface area (Å²) < 4.78 is 6.22. The Hall–Kier alpha value is -4.17. The van der Waals surface area contributed by atoms with Gasteiger partial charge in [0.05, 0.1) is 23.9 Å². The number of nitrogens with one attached hydrogen (secondary N) is 2. The van der Waals surface area contributed by atoms with Crippen LogP contribution in [0.3, 0.4) is 0 Å². The quantitative estimate of drug-likeness (QED) is 0.307. The number of hydrogen-bond donors (Lipinski definition) is 2. The first kappa shape index (κ1) is 23.5. The molecule has 0 spiro atoms. The topological polar surface area (TPSA) is 102 Å². The van der Waals surface area contributed by atoms with Gasteiger partial charge < -0.3 is 15.4 Å². The van der Waals surface area contributed by atoms with E-state index >= 15 is 0 Å². The maximum Gasteiger partial charge on any atom is 0.337 e. The van der Waals surface area contributed by atoms with Gasteiger partial charge in [-0.15, -0.1) is 0 Å². The lowest BCUT2D eigenvalue weighted by Gasteiger charge is -2.07. The summed E-state index contributed by atoms with van der Waals surface area (Å²) >= 11 is 5.70. The number of carbonyl (C=O) groups excluding carboxylic acids is 3. The van der Waals surface area contributed by atoms with Crippen LogP contribution in [0.25, 0.3) is 11.3 Å². The van der Waals surface area contributed by atoms with Crippen LogP contribution in [-0.4, -0.2) is 34.7 Å². The van der Waals surface area contributed by atoms with E-state index in [1.807, 2.05) is 0 Å². The van der Waals surface area contributed by atoms with Crippen LogP contribution in [0.4, 0.5) is 11.5 Å². The highest BCUT2D eigenvalue weighted by Gasteiger charge is 2.15. The van der Waals surface area contributed by atoms with Gasteiger partial charge in [-0.2, -0.15) is 5.10 Å². The fourth-order valence-electron chi connectivity index (χ4n) is 2.87. The van der Waals surface area contributed by atoms with Gasteiger partial charge in [0.15, 0.2) is 0 Å². The molecular formula is C24H21ClN4O4. The number of rotatable bonds is 7. The Balaban J connectivity index is 1.73. The van der Waals surface area contributed by atoms with E-state index in [-0.39, 0.29) is 16.2 Å². The molecule has 168 valence electrons. The lowest BCUT2D eigenvalue weighted by Crippen LogP contribution is -2.15. The molecule has 3 aromatic rings. The van der Waals surface area contributed by atoms with Gasteiger partial charge in [0.25, 0.3) is 11.8 Å². The molecule has 0 bridgehead atoms. The fraction of sp³-hybridized carbons (Fsp3) is 0.0833. The average molecular weight is 465 g/mol. The van der Waals surface area contributed by atoms with Gasteiger partial charge in [0, 0.05) is 35.0 Å². The standard InChI is InChI=1S/C24H21ClN4O4/c1-14(15(2)25)22(30)26-19-10-8-16(9-11-19)20-13-21(29(3)28-20)27-23(31)17-6-5-7-18(12-17)24(32)33-4/h5-13H,1-2H2,3-4H3,(H,26,30)(H,27,31). The Kier molecular flexibility index (Phi) is 7.10. The normalized spacial score (nSPS) is 10.3. The lowest BCUT2D eigenvalue weighted by molar-refractivity contribution is -0.112. The van der Waals surface area contributed by atoms with Crippen molar-refractivity contribution in [3.05, 3.63) is 89.5 Å². The van der Waals surface area contributed by atoms with Crippen LogP contribution in [-0.2, 0) is 16.6 Å². The monoisotopic (exact) mass is 464 g/mol. The largest absolute Gasteiger partial charge is 0.465 e. The third-order valence-electron chi connectivity index (χ3n) is 4.71. The zero-order chi connectivity index (χ0) is 24.1. The highest BCUT2D eigenvalue weighted by atomic mass is 35.5. The summed E-state index contributed by atoms with van der Waals surface area (Å²) in [4.78, 5) is 36.4. The molecule has 33 heavy (non-hydrogen) atoms. The minimum Gasteiger partial charge on any atom is -0.465 e. The van der Waals surface area contributed by atoms with Crippen molar-refractivity contribution >= 4 is 40.9 Å². The summed E-state index contributed by atoms with van der Waals surface area (Å²) in [6.45, 7) is 7.06. The number of amides is 2. The first-order chi connectivity index (χ1) is 15.7. The molecule has 2 N–H and O–H groups in total. The number of benzene rings is 2. The number of carbonyl (C=O) groups is 3. The van der Waals surface area contributed by atoms with Gasteiger partial charge in [-0.3, -0.25) is 14.3 Å². The molecule has 1 heterocycles. The number of esters is 1. The highest BCUT2D eigenvalue weighted by molar-refractivity contribution is 6.35. The van der Waals surface area contributed by atoms with Crippen molar-refractivity contribution < 1.29 is 19.1 Å². The number of hydrogen-bond acceptors (Lipinski definition) is 5. The Morgan fingerprint density at radius 3 is 2.30 bits per heavy atom. The molecule has 0 aliphatic heterocycles. The van der Waals surface area contributed by atoms with Crippen LogP contribution < -0.4 is 10.6 Å². The third kappa shape index (κ3) is 5.55. The predicted octanol–water partition coefficient (Wildman–Crippen LogP) is 4.37. The Bertz CT molecular complexity index is 1260. The number of aryl methyl sites for hydroxylation is 1. The van der Waals surface area contributed by atoms with Gasteiger partial charge in [0.1, 0.15) is 5.82 Å². The average Bonchev–Trinajstić information content (AvgIpc) is 3.18. The molecule has 0 unspecified atom stereocenters. The van der Waals surface area contributed by atoms with Crippen molar-refractivity contribution in [3.8, 4) is 11.3 Å². The van der Waals surface area contributed by atoms with Crippen LogP contribution >= 0.6 is 11.6 Å². The third-order valence-corrected chi connectivity index (χ3v) is 4.94. The Labute approximate surface area is 195 Å². The van der Waals surface area contributed by atoms with Crippen molar-refractivity contribution in [2.75, 3.05) is 17.7 Å². The van der Waals surface area contributed by atoms with Crippen molar-refractivity contribution in [3.63, 3.8) is 0 Å². The molecule has 0 aliphatic rings. The number of methoxy groups -OCH3 is 1. The Morgan fingerprint density at radius 1 is 1.00 bits per heavy atom. The molecule has 0 saturated heterocycles. The number of halogens is 1. The summed E-state index contributed by atoms with van der Waals surface area (Å²) in [7, 11) is 2.98. The molecule has 0 aliphatic carbocycles. The number of nitrogens with zero attached hydrogens (tertiary/aromatic N) is 2. The summed E-state index contributed by atoms with van der Waals surface area (Å²) in [6.07, 6.45) is 0.